The number of pyridine rings is 1. The molecule has 2 heterocycles. The molecule has 0 aliphatic heterocycles. The Bertz CT molecular complexity index is 1330. The fourth-order valence-electron chi connectivity index (χ4n) is 5.76. The maximum absolute atomic E-state index is 13.8. The van der Waals surface area contributed by atoms with E-state index in [0.29, 0.717) is 23.0 Å². The van der Waals surface area contributed by atoms with E-state index in [9.17, 15) is 18.0 Å². The van der Waals surface area contributed by atoms with E-state index < -0.39 is 11.9 Å². The van der Waals surface area contributed by atoms with Crippen LogP contribution in [0.15, 0.2) is 30.5 Å². The van der Waals surface area contributed by atoms with E-state index in [1.54, 1.807) is 6.07 Å². The molecular weight excluding hydrogens is 545 g/mol. The molecule has 8 nitrogen and oxygen atoms in total. The van der Waals surface area contributed by atoms with Gasteiger partial charge in [-0.1, -0.05) is 51.5 Å². The van der Waals surface area contributed by atoms with Crippen molar-refractivity contribution >= 4 is 28.3 Å². The second-order valence-corrected chi connectivity index (χ2v) is 11.3. The Labute approximate surface area is 245 Å². The number of aryl methyl sites for hydroxylation is 1. The third kappa shape index (κ3) is 8.36. The number of carbonyl (C=O) groups is 1. The first-order valence-corrected chi connectivity index (χ1v) is 15.2. The van der Waals surface area contributed by atoms with Crippen LogP contribution in [0.3, 0.4) is 0 Å². The Morgan fingerprint density at radius 1 is 1.10 bits per heavy atom. The minimum Gasteiger partial charge on any atom is -0.394 e. The lowest BCUT2D eigenvalue weighted by Gasteiger charge is -2.31. The van der Waals surface area contributed by atoms with Crippen LogP contribution in [0.4, 0.5) is 24.7 Å². The standard InChI is InChI=1S/C31H43F3N6O2/c1-2-3-4-5-6-7-8-10-21-13-14-26-24(17-21)27(19-28(39-26)31(32,33)34)37-22-11-9-12-23(18-22)38-30(42)25-20-36-40(15-16-41)29(25)35/h13-14,17,19-20,22-23,41H,2-12,15-16,18,35H2,1H3,(H,37,39)(H,38,42)/t22-,23+/m0/s1. The number of unbranched alkanes of at least 4 members (excludes halogenated alkanes) is 6. The highest BCUT2D eigenvalue weighted by atomic mass is 19.4. The van der Waals surface area contributed by atoms with Crippen molar-refractivity contribution in [3.05, 3.63) is 47.3 Å². The number of hydrogen-bond acceptors (Lipinski definition) is 6. The van der Waals surface area contributed by atoms with Gasteiger partial charge in [-0.15, -0.1) is 0 Å². The number of nitrogens with zero attached hydrogens (tertiary/aromatic N) is 3. The molecule has 0 bridgehead atoms. The highest BCUT2D eigenvalue weighted by molar-refractivity contribution is 5.98. The molecule has 5 N–H and O–H groups in total. The quantitative estimate of drug-likeness (QED) is 0.160. The van der Waals surface area contributed by atoms with Crippen LogP contribution in [-0.4, -0.2) is 44.5 Å². The van der Waals surface area contributed by atoms with Crippen LogP contribution in [0.2, 0.25) is 0 Å². The van der Waals surface area contributed by atoms with Gasteiger partial charge >= 0.3 is 6.18 Å². The Hall–Kier alpha value is -3.34. The number of amides is 1. The number of aliphatic hydroxyl groups is 1. The van der Waals surface area contributed by atoms with E-state index in [4.69, 9.17) is 10.8 Å². The van der Waals surface area contributed by atoms with E-state index in [1.807, 2.05) is 12.1 Å². The summed E-state index contributed by atoms with van der Waals surface area (Å²) in [5, 5.41) is 20.3. The largest absolute Gasteiger partial charge is 0.433 e. The zero-order chi connectivity index (χ0) is 30.1. The molecule has 4 rings (SSSR count). The van der Waals surface area contributed by atoms with E-state index >= 15 is 0 Å². The summed E-state index contributed by atoms with van der Waals surface area (Å²) in [6.45, 7) is 2.24. The summed E-state index contributed by atoms with van der Waals surface area (Å²) in [4.78, 5) is 16.8. The van der Waals surface area contributed by atoms with Crippen molar-refractivity contribution in [1.29, 1.82) is 0 Å². The number of alkyl halides is 3. The van der Waals surface area contributed by atoms with Gasteiger partial charge in [-0.05, 0) is 62.3 Å². The molecule has 0 spiro atoms. The van der Waals surface area contributed by atoms with Crippen molar-refractivity contribution in [2.45, 2.75) is 109 Å². The first kappa shape index (κ1) is 31.6. The van der Waals surface area contributed by atoms with Crippen molar-refractivity contribution in [3.8, 4) is 0 Å². The van der Waals surface area contributed by atoms with E-state index in [0.717, 1.165) is 50.2 Å². The Balaban J connectivity index is 1.45. The van der Waals surface area contributed by atoms with Gasteiger partial charge in [-0.3, -0.25) is 4.79 Å². The molecule has 11 heteroatoms. The first-order chi connectivity index (χ1) is 20.2. The van der Waals surface area contributed by atoms with Gasteiger partial charge in [0.05, 0.1) is 24.9 Å². The number of benzene rings is 1. The average Bonchev–Trinajstić information content (AvgIpc) is 3.32. The molecule has 0 unspecified atom stereocenters. The van der Waals surface area contributed by atoms with Crippen molar-refractivity contribution < 1.29 is 23.1 Å². The summed E-state index contributed by atoms with van der Waals surface area (Å²) in [5.41, 5.74) is 7.16. The number of nitrogens with two attached hydrogens (primary N) is 1. The smallest absolute Gasteiger partial charge is 0.394 e. The van der Waals surface area contributed by atoms with Gasteiger partial charge in [0, 0.05) is 23.2 Å². The highest BCUT2D eigenvalue weighted by Crippen LogP contribution is 2.35. The predicted molar refractivity (Wildman–Crippen MR) is 159 cm³/mol. The molecule has 1 aromatic carbocycles. The second-order valence-electron chi connectivity index (χ2n) is 11.3. The fourth-order valence-corrected chi connectivity index (χ4v) is 5.76. The molecule has 0 saturated heterocycles. The van der Waals surface area contributed by atoms with Crippen LogP contribution in [0.1, 0.15) is 99.2 Å². The summed E-state index contributed by atoms with van der Waals surface area (Å²) in [7, 11) is 0. The number of nitrogen functional groups attached to an aromatic ring is 1. The van der Waals surface area contributed by atoms with E-state index in [2.05, 4.69) is 27.6 Å². The third-order valence-electron chi connectivity index (χ3n) is 8.04. The highest BCUT2D eigenvalue weighted by Gasteiger charge is 2.34. The molecule has 230 valence electrons. The molecule has 42 heavy (non-hydrogen) atoms. The lowest BCUT2D eigenvalue weighted by atomic mass is 9.90. The molecule has 1 aliphatic carbocycles. The van der Waals surface area contributed by atoms with Gasteiger partial charge in [0.1, 0.15) is 17.1 Å². The maximum atomic E-state index is 13.8. The van der Waals surface area contributed by atoms with Crippen LogP contribution in [-0.2, 0) is 19.1 Å². The van der Waals surface area contributed by atoms with Crippen molar-refractivity contribution in [2.75, 3.05) is 17.7 Å². The molecule has 1 fully saturated rings. The summed E-state index contributed by atoms with van der Waals surface area (Å²) in [6.07, 6.45) is 8.96. The Morgan fingerprint density at radius 3 is 2.57 bits per heavy atom. The van der Waals surface area contributed by atoms with Gasteiger partial charge in [0.2, 0.25) is 0 Å². The van der Waals surface area contributed by atoms with Crippen LogP contribution in [0, 0.1) is 0 Å². The van der Waals surface area contributed by atoms with Crippen LogP contribution in [0.5, 0.6) is 0 Å². The number of fused-ring (bicyclic) bond motifs is 1. The second kappa shape index (κ2) is 14.7. The lowest BCUT2D eigenvalue weighted by Crippen LogP contribution is -2.42. The number of halogens is 3. The third-order valence-corrected chi connectivity index (χ3v) is 8.04. The number of anilines is 2. The summed E-state index contributed by atoms with van der Waals surface area (Å²) in [5.74, 6) is -0.173. The van der Waals surface area contributed by atoms with Gasteiger partial charge in [-0.25, -0.2) is 9.67 Å². The number of carbonyl (C=O) groups excluding carboxylic acids is 1. The number of rotatable bonds is 14. The SMILES string of the molecule is CCCCCCCCCc1ccc2nc(C(F)(F)F)cc(N[C@H]3CCC[C@@H](NC(=O)c4cnn(CCO)c4N)C3)c2c1. The molecule has 2 aromatic heterocycles. The number of aliphatic hydroxyl groups excluding tert-OH is 1. The zero-order valence-corrected chi connectivity index (χ0v) is 24.3. The van der Waals surface area contributed by atoms with Crippen LogP contribution in [0.25, 0.3) is 10.9 Å². The Kier molecular flexibility index (Phi) is 11.1. The fraction of sp³-hybridized carbons (Fsp3) is 0.581. The van der Waals surface area contributed by atoms with Crippen molar-refractivity contribution in [3.63, 3.8) is 0 Å². The molecule has 1 saturated carbocycles. The monoisotopic (exact) mass is 588 g/mol. The molecule has 2 atom stereocenters. The van der Waals surface area contributed by atoms with Crippen molar-refractivity contribution in [2.24, 2.45) is 0 Å². The van der Waals surface area contributed by atoms with Crippen LogP contribution >= 0.6 is 0 Å². The number of aromatic nitrogens is 3. The number of hydrogen-bond donors (Lipinski definition) is 4. The zero-order valence-electron chi connectivity index (χ0n) is 24.3. The van der Waals surface area contributed by atoms with Crippen molar-refractivity contribution in [1.82, 2.24) is 20.1 Å². The predicted octanol–water partition coefficient (Wildman–Crippen LogP) is 6.47. The van der Waals surface area contributed by atoms with Crippen LogP contribution < -0.4 is 16.4 Å². The van der Waals surface area contributed by atoms with Gasteiger partial charge in [0.25, 0.3) is 5.91 Å². The molecule has 1 aliphatic rings. The van der Waals surface area contributed by atoms with Gasteiger partial charge < -0.3 is 21.5 Å². The molecule has 3 aromatic rings. The van der Waals surface area contributed by atoms with E-state index in [-0.39, 0.29) is 42.5 Å². The Morgan fingerprint density at radius 2 is 1.83 bits per heavy atom. The average molecular weight is 589 g/mol. The van der Waals surface area contributed by atoms with E-state index in [1.165, 1.54) is 43.0 Å². The minimum atomic E-state index is -4.56. The summed E-state index contributed by atoms with van der Waals surface area (Å²) in [6, 6.07) is 6.35. The minimum absolute atomic E-state index is 0.128. The summed E-state index contributed by atoms with van der Waals surface area (Å²) < 4.78 is 42.6. The summed E-state index contributed by atoms with van der Waals surface area (Å²) >= 11 is 0. The van der Waals surface area contributed by atoms with Gasteiger partial charge in [0.15, 0.2) is 0 Å². The molecular formula is C31H43F3N6O2. The lowest BCUT2D eigenvalue weighted by molar-refractivity contribution is -0.140. The molecule has 0 radical (unpaired) electrons. The number of nitrogens with one attached hydrogen (secondary N) is 2. The van der Waals surface area contributed by atoms with Gasteiger partial charge in [-0.2, -0.15) is 18.3 Å². The normalized spacial score (nSPS) is 17.5. The first-order valence-electron chi connectivity index (χ1n) is 15.2. The maximum Gasteiger partial charge on any atom is 0.433 e. The molecule has 1 amide bonds. The topological polar surface area (TPSA) is 118 Å².